The van der Waals surface area contributed by atoms with E-state index in [1.165, 1.54) is 85.7 Å². The summed E-state index contributed by atoms with van der Waals surface area (Å²) in [5.74, 6) is 0. The van der Waals surface area contributed by atoms with Gasteiger partial charge in [0.05, 0.1) is 0 Å². The molecule has 0 radical (unpaired) electrons. The van der Waals surface area contributed by atoms with Gasteiger partial charge in [-0.05, 0) is 0 Å². The fraction of sp³-hybridized carbons (Fsp3) is 0.257. The van der Waals surface area contributed by atoms with E-state index >= 15 is 0 Å². The first-order valence-corrected chi connectivity index (χ1v) is 16.1. The summed E-state index contributed by atoms with van der Waals surface area (Å²) < 4.78 is 3.01. The third-order valence-corrected chi connectivity index (χ3v) is 11.6. The van der Waals surface area contributed by atoms with Crippen LogP contribution in [0.4, 0.5) is 0 Å². The van der Waals surface area contributed by atoms with E-state index in [1.54, 1.807) is 38.7 Å². The molecule has 2 heteroatoms. The van der Waals surface area contributed by atoms with Gasteiger partial charge < -0.3 is 0 Å². The second kappa shape index (κ2) is 7.78. The van der Waals surface area contributed by atoms with Crippen molar-refractivity contribution in [3.63, 3.8) is 0 Å². The number of fused-ring (bicyclic) bond motifs is 9. The van der Waals surface area contributed by atoms with E-state index in [9.17, 15) is 0 Å². The Bertz CT molecular complexity index is 1610. The van der Waals surface area contributed by atoms with Crippen molar-refractivity contribution in [1.82, 2.24) is 0 Å². The van der Waals surface area contributed by atoms with E-state index in [1.807, 2.05) is 0 Å². The van der Waals surface area contributed by atoms with Gasteiger partial charge in [0.15, 0.2) is 0 Å². The summed E-state index contributed by atoms with van der Waals surface area (Å²) in [6.45, 7) is 13.9. The Labute approximate surface area is 242 Å². The number of rotatable bonds is 0. The molecule has 4 aromatic rings. The van der Waals surface area contributed by atoms with E-state index < -0.39 is 0 Å². The Hall–Kier alpha value is -2.00. The summed E-state index contributed by atoms with van der Waals surface area (Å²) in [5.41, 5.74) is 20.6. The normalized spacial score (nSPS) is 14.8. The molecular formula is C35H30W2. The molecule has 3 aliphatic rings. The van der Waals surface area contributed by atoms with Crippen molar-refractivity contribution in [2.24, 2.45) is 0 Å². The van der Waals surface area contributed by atoms with Crippen molar-refractivity contribution < 1.29 is 38.7 Å². The van der Waals surface area contributed by atoms with E-state index in [2.05, 4.69) is 102 Å². The minimum atomic E-state index is 0.169. The third kappa shape index (κ3) is 3.48. The van der Waals surface area contributed by atoms with Crippen LogP contribution < -0.4 is 0 Å². The molecule has 3 aliphatic carbocycles. The number of hydrogen-bond acceptors (Lipinski definition) is 0. The molecule has 0 nitrogen and oxygen atoms in total. The van der Waals surface area contributed by atoms with Crippen molar-refractivity contribution in [2.45, 2.75) is 58.8 Å². The molecule has 0 aromatic heterocycles. The van der Waals surface area contributed by atoms with E-state index in [-0.39, 0.29) is 10.8 Å². The van der Waals surface area contributed by atoms with Crippen LogP contribution in [0.2, 0.25) is 0 Å². The van der Waals surface area contributed by atoms with Crippen molar-refractivity contribution >= 4 is 7.80 Å². The minimum absolute atomic E-state index is 0.169. The summed E-state index contributed by atoms with van der Waals surface area (Å²) in [6, 6.07) is 24.4. The molecule has 0 heterocycles. The van der Waals surface area contributed by atoms with E-state index in [0.717, 1.165) is 6.42 Å². The Morgan fingerprint density at radius 3 is 1.19 bits per heavy atom. The van der Waals surface area contributed by atoms with Crippen molar-refractivity contribution in [3.05, 3.63) is 105 Å². The number of benzene rings is 4. The second-order valence-electron chi connectivity index (χ2n) is 13.0. The van der Waals surface area contributed by atoms with Crippen LogP contribution in [-0.4, -0.2) is 7.80 Å². The van der Waals surface area contributed by atoms with Crippen molar-refractivity contribution in [1.29, 1.82) is 0 Å². The fourth-order valence-corrected chi connectivity index (χ4v) is 8.69. The molecule has 7 rings (SSSR count). The van der Waals surface area contributed by atoms with Crippen LogP contribution in [0.5, 0.6) is 0 Å². The van der Waals surface area contributed by atoms with Crippen LogP contribution in [0, 0.1) is 0 Å². The zero-order chi connectivity index (χ0) is 26.0. The Morgan fingerprint density at radius 1 is 0.432 bits per heavy atom. The average molecular weight is 818 g/mol. The van der Waals surface area contributed by atoms with Gasteiger partial charge in [-0.25, -0.2) is 0 Å². The Kier molecular flexibility index (Phi) is 5.06. The monoisotopic (exact) mass is 818 g/mol. The molecule has 0 atom stereocenters. The molecule has 0 spiro atoms. The molecule has 0 saturated carbocycles. The predicted octanol–water partition coefficient (Wildman–Crippen LogP) is 8.04. The van der Waals surface area contributed by atoms with Crippen LogP contribution in [0.3, 0.4) is 0 Å². The zero-order valence-corrected chi connectivity index (χ0v) is 28.2. The van der Waals surface area contributed by atoms with Crippen LogP contribution in [0.25, 0.3) is 33.4 Å². The Morgan fingerprint density at radius 2 is 0.811 bits per heavy atom. The SMILES string of the molecule is CC(C)(C)c1ccc2c(c1)[C](=[W])c1cc3c(cc1-2)Cc1cc2c(cc1-3)[C](=[W])c1cc(C(C)(C)C)ccc1-2. The first-order valence-electron chi connectivity index (χ1n) is 13.2. The quantitative estimate of drug-likeness (QED) is 0.146. The average Bonchev–Trinajstić information content (AvgIpc) is 3.43. The summed E-state index contributed by atoms with van der Waals surface area (Å²) >= 11 is 3.12. The summed E-state index contributed by atoms with van der Waals surface area (Å²) in [6.07, 6.45) is 1.04. The third-order valence-electron chi connectivity index (χ3n) is 8.49. The summed E-state index contributed by atoms with van der Waals surface area (Å²) in [5, 5.41) is 0. The topological polar surface area (TPSA) is 0 Å². The molecule has 0 fully saturated rings. The van der Waals surface area contributed by atoms with Crippen LogP contribution >= 0.6 is 0 Å². The molecule has 4 aromatic carbocycles. The predicted molar refractivity (Wildman–Crippen MR) is 149 cm³/mol. The van der Waals surface area contributed by atoms with Gasteiger partial charge in [-0.3, -0.25) is 0 Å². The molecule has 0 amide bonds. The summed E-state index contributed by atoms with van der Waals surface area (Å²) in [7, 11) is 0. The molecule has 0 bridgehead atoms. The van der Waals surface area contributed by atoms with Crippen LogP contribution in [-0.2, 0) is 56.0 Å². The van der Waals surface area contributed by atoms with Crippen molar-refractivity contribution in [2.75, 3.05) is 0 Å². The van der Waals surface area contributed by atoms with Crippen LogP contribution in [0.1, 0.15) is 86.1 Å². The second-order valence-corrected chi connectivity index (χ2v) is 15.9. The van der Waals surface area contributed by atoms with E-state index in [4.69, 9.17) is 0 Å². The van der Waals surface area contributed by atoms with Gasteiger partial charge in [-0.15, -0.1) is 0 Å². The Balaban J connectivity index is 1.33. The standard InChI is InChI=1S/C35H30.2W/c1-34(2,3)26-7-9-28-20(14-26)11-22-18-32-24(16-30(22)28)13-25-17-31-23(19-33(25)32)12-21-15-27(35(4,5)6)8-10-29(21)31;;/h7-10,14-19H,13H2,1-6H3;;. The van der Waals surface area contributed by atoms with Gasteiger partial charge in [0.2, 0.25) is 0 Å². The van der Waals surface area contributed by atoms with Gasteiger partial charge in [0, 0.05) is 0 Å². The van der Waals surface area contributed by atoms with Gasteiger partial charge in [0.25, 0.3) is 0 Å². The first-order chi connectivity index (χ1) is 17.4. The zero-order valence-electron chi connectivity index (χ0n) is 22.3. The maximum absolute atomic E-state index is 2.52. The van der Waals surface area contributed by atoms with Gasteiger partial charge >= 0.3 is 244 Å². The molecule has 0 unspecified atom stereocenters. The van der Waals surface area contributed by atoms with Crippen LogP contribution in [0.15, 0.2) is 60.7 Å². The molecular weight excluding hydrogens is 788 g/mol. The van der Waals surface area contributed by atoms with Crippen molar-refractivity contribution in [3.8, 4) is 33.4 Å². The number of hydrogen-bond donors (Lipinski definition) is 0. The van der Waals surface area contributed by atoms with Gasteiger partial charge in [-0.2, -0.15) is 0 Å². The maximum atomic E-state index is 2.52. The molecule has 182 valence electrons. The molecule has 37 heavy (non-hydrogen) atoms. The molecule has 0 N–H and O–H groups in total. The first kappa shape index (κ1) is 24.1. The molecule has 0 aliphatic heterocycles. The molecule has 0 saturated heterocycles. The van der Waals surface area contributed by atoms with Gasteiger partial charge in [0.1, 0.15) is 0 Å². The fourth-order valence-electron chi connectivity index (χ4n) is 6.27. The van der Waals surface area contributed by atoms with Gasteiger partial charge in [-0.1, -0.05) is 0 Å². The van der Waals surface area contributed by atoms with E-state index in [0.29, 0.717) is 0 Å². The summed E-state index contributed by atoms with van der Waals surface area (Å²) in [4.78, 5) is 0.